The van der Waals surface area contributed by atoms with Crippen molar-refractivity contribution in [2.24, 2.45) is 10.8 Å². The summed E-state index contributed by atoms with van der Waals surface area (Å²) in [5.41, 5.74) is 1.65. The zero-order valence-electron chi connectivity index (χ0n) is 25.4. The third kappa shape index (κ3) is 9.90. The standard InChI is InChI=1S/C20H32O2.C12H22O2/c1-10-20(8,9)17(21)22-16-12-14(18(2,3)4)11-15(13-16)19(5,6)7;1-4-12(2,3)11(13)14-10-8-6-5-7-9-10/h11-13H,10H2,1-9H3;10H,4-9H2,1-3H3. The van der Waals surface area contributed by atoms with Crippen molar-refractivity contribution in [2.75, 3.05) is 0 Å². The second-order valence-electron chi connectivity index (χ2n) is 13.8. The highest BCUT2D eigenvalue weighted by Crippen LogP contribution is 2.34. The van der Waals surface area contributed by atoms with E-state index >= 15 is 0 Å². The molecule has 1 aliphatic rings. The van der Waals surface area contributed by atoms with Crippen LogP contribution in [0.2, 0.25) is 0 Å². The van der Waals surface area contributed by atoms with Crippen LogP contribution in [0.3, 0.4) is 0 Å². The Morgan fingerprint density at radius 3 is 1.50 bits per heavy atom. The molecule has 36 heavy (non-hydrogen) atoms. The molecule has 206 valence electrons. The Balaban J connectivity index is 0.000000397. The van der Waals surface area contributed by atoms with Gasteiger partial charge in [0.2, 0.25) is 0 Å². The number of ether oxygens (including phenoxy) is 2. The van der Waals surface area contributed by atoms with Crippen LogP contribution < -0.4 is 4.74 Å². The molecule has 0 amide bonds. The van der Waals surface area contributed by atoms with Gasteiger partial charge in [-0.05, 0) is 100 Å². The molecule has 0 radical (unpaired) electrons. The van der Waals surface area contributed by atoms with Gasteiger partial charge in [0.15, 0.2) is 0 Å². The molecular formula is C32H54O4. The predicted octanol–water partition coefficient (Wildman–Crippen LogP) is 8.92. The molecule has 0 unspecified atom stereocenters. The molecule has 0 N–H and O–H groups in total. The Morgan fingerprint density at radius 2 is 1.11 bits per heavy atom. The summed E-state index contributed by atoms with van der Waals surface area (Å²) in [6.07, 6.45) is 7.65. The fourth-order valence-electron chi connectivity index (χ4n) is 3.55. The number of hydrogen-bond donors (Lipinski definition) is 0. The van der Waals surface area contributed by atoms with E-state index in [0.717, 1.165) is 25.7 Å². The van der Waals surface area contributed by atoms with E-state index in [0.29, 0.717) is 5.75 Å². The SMILES string of the molecule is CCC(C)(C)C(=O)OC1CCCCC1.CCC(C)(C)C(=O)Oc1cc(C(C)(C)C)cc(C(C)(C)C)c1. The van der Waals surface area contributed by atoms with Gasteiger partial charge in [0.05, 0.1) is 10.8 Å². The van der Waals surface area contributed by atoms with Gasteiger partial charge in [-0.15, -0.1) is 0 Å². The highest BCUT2D eigenvalue weighted by molar-refractivity contribution is 5.78. The molecule has 4 nitrogen and oxygen atoms in total. The summed E-state index contributed by atoms with van der Waals surface area (Å²) >= 11 is 0. The van der Waals surface area contributed by atoms with E-state index in [4.69, 9.17) is 9.47 Å². The second-order valence-corrected chi connectivity index (χ2v) is 13.8. The maximum atomic E-state index is 12.4. The number of carbonyl (C=O) groups excluding carboxylic acids is 2. The molecule has 0 bridgehead atoms. The van der Waals surface area contributed by atoms with Crippen molar-refractivity contribution in [3.63, 3.8) is 0 Å². The number of carbonyl (C=O) groups is 2. The minimum Gasteiger partial charge on any atom is -0.462 e. The lowest BCUT2D eigenvalue weighted by Crippen LogP contribution is -2.31. The first-order valence-electron chi connectivity index (χ1n) is 13.9. The third-order valence-electron chi connectivity index (χ3n) is 7.55. The van der Waals surface area contributed by atoms with Gasteiger partial charge in [-0.1, -0.05) is 67.9 Å². The molecule has 0 saturated heterocycles. The smallest absolute Gasteiger partial charge is 0.316 e. The lowest BCUT2D eigenvalue weighted by Gasteiger charge is -2.27. The van der Waals surface area contributed by atoms with Crippen molar-refractivity contribution in [3.8, 4) is 5.75 Å². The zero-order chi connectivity index (χ0) is 27.9. The topological polar surface area (TPSA) is 52.6 Å². The van der Waals surface area contributed by atoms with E-state index in [1.54, 1.807) is 0 Å². The van der Waals surface area contributed by atoms with Crippen molar-refractivity contribution in [2.45, 2.75) is 145 Å². The van der Waals surface area contributed by atoms with Crippen LogP contribution in [0.15, 0.2) is 18.2 Å². The van der Waals surface area contributed by atoms with Crippen molar-refractivity contribution < 1.29 is 19.1 Å². The molecule has 1 aromatic rings. The van der Waals surface area contributed by atoms with Gasteiger partial charge in [-0.25, -0.2) is 0 Å². The average molecular weight is 503 g/mol. The molecule has 4 heteroatoms. The minimum absolute atomic E-state index is 0.0166. The molecule has 0 heterocycles. The Labute approximate surface area is 221 Å². The monoisotopic (exact) mass is 502 g/mol. The van der Waals surface area contributed by atoms with Gasteiger partial charge in [0, 0.05) is 0 Å². The van der Waals surface area contributed by atoms with Crippen molar-refractivity contribution >= 4 is 11.9 Å². The van der Waals surface area contributed by atoms with Gasteiger partial charge in [0.25, 0.3) is 0 Å². The van der Waals surface area contributed by atoms with Gasteiger partial charge in [0.1, 0.15) is 11.9 Å². The van der Waals surface area contributed by atoms with Crippen molar-refractivity contribution in [1.82, 2.24) is 0 Å². The first-order valence-corrected chi connectivity index (χ1v) is 13.9. The number of esters is 2. The largest absolute Gasteiger partial charge is 0.462 e. The quantitative estimate of drug-likeness (QED) is 0.288. The summed E-state index contributed by atoms with van der Waals surface area (Å²) in [6, 6.07) is 6.22. The van der Waals surface area contributed by atoms with Crippen LogP contribution in [0.1, 0.15) is 139 Å². The first kappa shape index (κ1) is 32.2. The van der Waals surface area contributed by atoms with E-state index in [-0.39, 0.29) is 34.3 Å². The normalized spacial score (nSPS) is 15.6. The molecule has 0 aromatic heterocycles. The van der Waals surface area contributed by atoms with Crippen molar-refractivity contribution in [3.05, 3.63) is 29.3 Å². The molecule has 0 atom stereocenters. The Kier molecular flexibility index (Phi) is 11.3. The van der Waals surface area contributed by atoms with Crippen LogP contribution in [-0.2, 0) is 25.2 Å². The molecule has 1 fully saturated rings. The second kappa shape index (κ2) is 12.6. The molecule has 1 aliphatic carbocycles. The lowest BCUT2D eigenvalue weighted by molar-refractivity contribution is -0.161. The Bertz CT molecular complexity index is 827. The Morgan fingerprint density at radius 1 is 0.694 bits per heavy atom. The summed E-state index contributed by atoms with van der Waals surface area (Å²) in [5, 5.41) is 0. The van der Waals surface area contributed by atoms with Crippen LogP contribution in [-0.4, -0.2) is 18.0 Å². The fraction of sp³-hybridized carbons (Fsp3) is 0.750. The maximum absolute atomic E-state index is 12.4. The Hall–Kier alpha value is -1.84. The molecule has 1 saturated carbocycles. The van der Waals surface area contributed by atoms with E-state index in [1.807, 2.05) is 53.7 Å². The maximum Gasteiger partial charge on any atom is 0.316 e. The first-order chi connectivity index (χ1) is 16.3. The van der Waals surface area contributed by atoms with E-state index in [9.17, 15) is 9.59 Å². The number of benzene rings is 1. The zero-order valence-corrected chi connectivity index (χ0v) is 25.4. The van der Waals surface area contributed by atoms with E-state index < -0.39 is 5.41 Å². The van der Waals surface area contributed by atoms with Gasteiger partial charge < -0.3 is 9.47 Å². The summed E-state index contributed by atoms with van der Waals surface area (Å²) in [4.78, 5) is 24.1. The summed E-state index contributed by atoms with van der Waals surface area (Å²) in [7, 11) is 0. The van der Waals surface area contributed by atoms with Gasteiger partial charge >= 0.3 is 11.9 Å². The van der Waals surface area contributed by atoms with Crippen LogP contribution in [0, 0.1) is 10.8 Å². The number of rotatable bonds is 6. The van der Waals surface area contributed by atoms with Gasteiger partial charge in [-0.3, -0.25) is 9.59 Å². The van der Waals surface area contributed by atoms with E-state index in [2.05, 4.69) is 47.6 Å². The molecule has 2 rings (SSSR count). The number of hydrogen-bond acceptors (Lipinski definition) is 4. The average Bonchev–Trinajstić information content (AvgIpc) is 2.78. The van der Waals surface area contributed by atoms with Gasteiger partial charge in [-0.2, -0.15) is 0 Å². The van der Waals surface area contributed by atoms with Crippen LogP contribution in [0.25, 0.3) is 0 Å². The van der Waals surface area contributed by atoms with E-state index in [1.165, 1.54) is 30.4 Å². The predicted molar refractivity (Wildman–Crippen MR) is 151 cm³/mol. The summed E-state index contributed by atoms with van der Waals surface area (Å²) < 4.78 is 11.2. The van der Waals surface area contributed by atoms with Crippen LogP contribution >= 0.6 is 0 Å². The summed E-state index contributed by atoms with van der Waals surface area (Å²) in [6.45, 7) is 24.9. The molecule has 1 aromatic carbocycles. The molecular weight excluding hydrogens is 448 g/mol. The highest BCUT2D eigenvalue weighted by Gasteiger charge is 2.30. The lowest BCUT2D eigenvalue weighted by atomic mass is 9.80. The molecule has 0 aliphatic heterocycles. The fourth-order valence-corrected chi connectivity index (χ4v) is 3.55. The van der Waals surface area contributed by atoms with Crippen LogP contribution in [0.4, 0.5) is 0 Å². The van der Waals surface area contributed by atoms with Crippen molar-refractivity contribution in [1.29, 1.82) is 0 Å². The highest BCUT2D eigenvalue weighted by atomic mass is 16.5. The van der Waals surface area contributed by atoms with Crippen LogP contribution in [0.5, 0.6) is 5.75 Å². The minimum atomic E-state index is -0.459. The third-order valence-corrected chi connectivity index (χ3v) is 7.55. The summed E-state index contributed by atoms with van der Waals surface area (Å²) in [5.74, 6) is 0.469. The molecule has 0 spiro atoms.